The first-order chi connectivity index (χ1) is 11.2. The Kier molecular flexibility index (Phi) is 4.84. The van der Waals surface area contributed by atoms with Crippen molar-refractivity contribution in [1.82, 2.24) is 4.98 Å². The maximum Gasteiger partial charge on any atom is 0.138 e. The van der Waals surface area contributed by atoms with Crippen LogP contribution in [0.15, 0.2) is 47.8 Å². The second-order valence-corrected chi connectivity index (χ2v) is 6.33. The van der Waals surface area contributed by atoms with Crippen LogP contribution in [0.2, 0.25) is 5.02 Å². The Morgan fingerprint density at radius 2 is 1.96 bits per heavy atom. The second-order valence-electron chi connectivity index (χ2n) is 5.07. The summed E-state index contributed by atoms with van der Waals surface area (Å²) >= 11 is 7.71. The van der Waals surface area contributed by atoms with Gasteiger partial charge in [-0.05, 0) is 36.8 Å². The number of thiazole rings is 1. The third kappa shape index (κ3) is 3.66. The highest BCUT2D eigenvalue weighted by molar-refractivity contribution is 7.13. The van der Waals surface area contributed by atoms with Gasteiger partial charge in [-0.2, -0.15) is 0 Å². The minimum absolute atomic E-state index is 0.384. The first-order valence-corrected chi connectivity index (χ1v) is 8.40. The molecule has 0 saturated heterocycles. The molecule has 0 aliphatic rings. The van der Waals surface area contributed by atoms with Gasteiger partial charge in [0.25, 0.3) is 0 Å². The van der Waals surface area contributed by atoms with Gasteiger partial charge in [-0.3, -0.25) is 0 Å². The molecule has 0 bridgehead atoms. The Morgan fingerprint density at radius 1 is 1.13 bits per heavy atom. The van der Waals surface area contributed by atoms with Gasteiger partial charge in [0, 0.05) is 5.38 Å². The summed E-state index contributed by atoms with van der Waals surface area (Å²) in [6.07, 6.45) is 0. The predicted molar refractivity (Wildman–Crippen MR) is 94.6 cm³/mol. The third-order valence-corrected chi connectivity index (χ3v) is 4.59. The molecule has 23 heavy (non-hydrogen) atoms. The topological polar surface area (TPSA) is 31.4 Å². The largest absolute Gasteiger partial charge is 0.496 e. The fourth-order valence-corrected chi connectivity index (χ4v) is 3.20. The maximum atomic E-state index is 6.14. The number of aromatic nitrogens is 1. The highest BCUT2D eigenvalue weighted by Crippen LogP contribution is 2.32. The molecule has 3 nitrogen and oxygen atoms in total. The van der Waals surface area contributed by atoms with Crippen LogP contribution in [0.3, 0.4) is 0 Å². The smallest absolute Gasteiger partial charge is 0.138 e. The van der Waals surface area contributed by atoms with Crippen molar-refractivity contribution in [1.29, 1.82) is 0 Å². The number of methoxy groups -OCH3 is 1. The van der Waals surface area contributed by atoms with Crippen LogP contribution >= 0.6 is 22.9 Å². The monoisotopic (exact) mass is 345 g/mol. The normalized spacial score (nSPS) is 10.6. The molecule has 0 aliphatic carbocycles. The number of benzene rings is 2. The molecule has 1 heterocycles. The number of halogens is 1. The molecule has 0 saturated carbocycles. The molecular weight excluding hydrogens is 330 g/mol. The summed E-state index contributed by atoms with van der Waals surface area (Å²) < 4.78 is 11.2. The summed E-state index contributed by atoms with van der Waals surface area (Å²) in [6.45, 7) is 2.39. The van der Waals surface area contributed by atoms with E-state index < -0.39 is 0 Å². The van der Waals surface area contributed by atoms with Crippen molar-refractivity contribution in [2.24, 2.45) is 0 Å². The third-order valence-electron chi connectivity index (χ3n) is 3.35. The Morgan fingerprint density at radius 3 is 2.78 bits per heavy atom. The summed E-state index contributed by atoms with van der Waals surface area (Å²) in [7, 11) is 1.66. The molecule has 0 aliphatic heterocycles. The molecular formula is C18H16ClNO2S. The molecule has 118 valence electrons. The molecule has 0 amide bonds. The number of hydrogen-bond acceptors (Lipinski definition) is 4. The highest BCUT2D eigenvalue weighted by Gasteiger charge is 2.10. The van der Waals surface area contributed by atoms with E-state index in [1.165, 1.54) is 0 Å². The summed E-state index contributed by atoms with van der Waals surface area (Å²) in [4.78, 5) is 4.63. The van der Waals surface area contributed by atoms with Crippen LogP contribution in [-0.2, 0) is 6.61 Å². The zero-order chi connectivity index (χ0) is 16.2. The molecule has 0 radical (unpaired) electrons. The van der Waals surface area contributed by atoms with E-state index in [0.29, 0.717) is 17.4 Å². The van der Waals surface area contributed by atoms with E-state index in [9.17, 15) is 0 Å². The Labute approximate surface area is 144 Å². The lowest BCUT2D eigenvalue weighted by Gasteiger charge is -2.07. The maximum absolute atomic E-state index is 6.14. The van der Waals surface area contributed by atoms with Crippen molar-refractivity contribution in [3.05, 3.63) is 64.1 Å². The lowest BCUT2D eigenvalue weighted by atomic mass is 10.2. The van der Waals surface area contributed by atoms with Gasteiger partial charge >= 0.3 is 0 Å². The lowest BCUT2D eigenvalue weighted by Crippen LogP contribution is -1.97. The van der Waals surface area contributed by atoms with E-state index in [1.807, 2.05) is 54.8 Å². The fraction of sp³-hybridized carbons (Fsp3) is 0.167. The van der Waals surface area contributed by atoms with Crippen molar-refractivity contribution < 1.29 is 9.47 Å². The van der Waals surface area contributed by atoms with E-state index in [1.54, 1.807) is 18.4 Å². The van der Waals surface area contributed by atoms with E-state index in [2.05, 4.69) is 4.98 Å². The van der Waals surface area contributed by atoms with E-state index in [-0.39, 0.29) is 0 Å². The minimum atomic E-state index is 0.384. The Hall–Kier alpha value is -2.04. The first-order valence-electron chi connectivity index (χ1n) is 7.14. The number of rotatable bonds is 5. The summed E-state index contributed by atoms with van der Waals surface area (Å²) in [5.74, 6) is 1.49. The fourth-order valence-electron chi connectivity index (χ4n) is 2.19. The lowest BCUT2D eigenvalue weighted by molar-refractivity contribution is 0.302. The van der Waals surface area contributed by atoms with Gasteiger partial charge in [0.2, 0.25) is 0 Å². The number of ether oxygens (including phenoxy) is 2. The molecule has 0 spiro atoms. The average molecular weight is 346 g/mol. The first kappa shape index (κ1) is 15.8. The number of hydrogen-bond donors (Lipinski definition) is 0. The van der Waals surface area contributed by atoms with Gasteiger partial charge in [0.05, 0.1) is 23.4 Å². The SMILES string of the molecule is COc1ccccc1-c1nc(COc2cc(C)ccc2Cl)cs1. The molecule has 0 unspecified atom stereocenters. The van der Waals surface area contributed by atoms with Crippen LogP contribution in [0, 0.1) is 6.92 Å². The van der Waals surface area contributed by atoms with Crippen molar-refractivity contribution in [3.8, 4) is 22.1 Å². The minimum Gasteiger partial charge on any atom is -0.496 e. The van der Waals surface area contributed by atoms with Crippen LogP contribution in [0.1, 0.15) is 11.3 Å². The molecule has 3 rings (SSSR count). The van der Waals surface area contributed by atoms with Crippen molar-refractivity contribution in [3.63, 3.8) is 0 Å². The summed E-state index contributed by atoms with van der Waals surface area (Å²) in [6, 6.07) is 13.6. The van der Waals surface area contributed by atoms with Gasteiger partial charge < -0.3 is 9.47 Å². The zero-order valence-electron chi connectivity index (χ0n) is 12.9. The van der Waals surface area contributed by atoms with Crippen LogP contribution in [-0.4, -0.2) is 12.1 Å². The molecule has 3 aromatic rings. The van der Waals surface area contributed by atoms with Crippen LogP contribution in [0.5, 0.6) is 11.5 Å². The Bertz CT molecular complexity index is 816. The molecule has 5 heteroatoms. The Balaban J connectivity index is 1.76. The van der Waals surface area contributed by atoms with Crippen LogP contribution in [0.25, 0.3) is 10.6 Å². The average Bonchev–Trinajstić information content (AvgIpc) is 3.04. The van der Waals surface area contributed by atoms with Gasteiger partial charge in [-0.1, -0.05) is 29.8 Å². The number of aryl methyl sites for hydroxylation is 1. The van der Waals surface area contributed by atoms with Crippen molar-refractivity contribution in [2.45, 2.75) is 13.5 Å². The van der Waals surface area contributed by atoms with E-state index in [0.717, 1.165) is 27.6 Å². The van der Waals surface area contributed by atoms with Gasteiger partial charge in [0.1, 0.15) is 23.1 Å². The zero-order valence-corrected chi connectivity index (χ0v) is 14.4. The second kappa shape index (κ2) is 7.02. The molecule has 0 fully saturated rings. The summed E-state index contributed by atoms with van der Waals surface area (Å²) in [5.41, 5.74) is 2.96. The van der Waals surface area contributed by atoms with Crippen molar-refractivity contribution in [2.75, 3.05) is 7.11 Å². The molecule has 0 N–H and O–H groups in total. The van der Waals surface area contributed by atoms with Gasteiger partial charge in [-0.25, -0.2) is 4.98 Å². The number of nitrogens with zero attached hydrogens (tertiary/aromatic N) is 1. The standard InChI is InChI=1S/C18H16ClNO2S/c1-12-7-8-15(19)17(9-12)22-10-13-11-23-18(20-13)14-5-3-4-6-16(14)21-2/h3-9,11H,10H2,1-2H3. The molecule has 2 aromatic carbocycles. The molecule has 1 aromatic heterocycles. The van der Waals surface area contributed by atoms with E-state index in [4.69, 9.17) is 21.1 Å². The van der Waals surface area contributed by atoms with Crippen LogP contribution < -0.4 is 9.47 Å². The predicted octanol–water partition coefficient (Wildman–Crippen LogP) is 5.36. The molecule has 0 atom stereocenters. The van der Waals surface area contributed by atoms with Crippen molar-refractivity contribution >= 4 is 22.9 Å². The highest BCUT2D eigenvalue weighted by atomic mass is 35.5. The quantitative estimate of drug-likeness (QED) is 0.623. The summed E-state index contributed by atoms with van der Waals surface area (Å²) in [5, 5.41) is 3.51. The number of para-hydroxylation sites is 1. The van der Waals surface area contributed by atoms with Crippen LogP contribution in [0.4, 0.5) is 0 Å². The van der Waals surface area contributed by atoms with Gasteiger partial charge in [0.15, 0.2) is 0 Å². The van der Waals surface area contributed by atoms with Gasteiger partial charge in [-0.15, -0.1) is 11.3 Å². The van der Waals surface area contributed by atoms with E-state index >= 15 is 0 Å².